The van der Waals surface area contributed by atoms with E-state index in [0.29, 0.717) is 4.88 Å². The number of aryl methyl sites for hydroxylation is 2. The van der Waals surface area contributed by atoms with Crippen LogP contribution in [0.2, 0.25) is 0 Å². The fourth-order valence-electron chi connectivity index (χ4n) is 1.50. The highest BCUT2D eigenvalue weighted by Crippen LogP contribution is 2.08. The lowest BCUT2D eigenvalue weighted by Crippen LogP contribution is -2.16. The molecule has 0 radical (unpaired) electrons. The Bertz CT molecular complexity index is 540. The SMILES string of the molecule is Cc1cc(/C=N/NC(=O)c2cccs2)c(C)[nH]1. The van der Waals surface area contributed by atoms with E-state index in [1.807, 2.05) is 31.4 Å². The number of nitrogens with one attached hydrogen (secondary N) is 2. The molecule has 0 bridgehead atoms. The van der Waals surface area contributed by atoms with Crippen molar-refractivity contribution in [1.29, 1.82) is 0 Å². The van der Waals surface area contributed by atoms with Crippen LogP contribution in [0.1, 0.15) is 26.6 Å². The molecular formula is C12H13N3OS. The van der Waals surface area contributed by atoms with Crippen molar-refractivity contribution in [2.75, 3.05) is 0 Å². The number of amides is 1. The van der Waals surface area contributed by atoms with E-state index in [1.54, 1.807) is 12.3 Å². The van der Waals surface area contributed by atoms with Crippen LogP contribution in [0.5, 0.6) is 0 Å². The van der Waals surface area contributed by atoms with Crippen molar-refractivity contribution < 1.29 is 4.79 Å². The van der Waals surface area contributed by atoms with Crippen LogP contribution in [-0.4, -0.2) is 17.1 Å². The summed E-state index contributed by atoms with van der Waals surface area (Å²) in [6, 6.07) is 5.58. The van der Waals surface area contributed by atoms with Gasteiger partial charge in [-0.3, -0.25) is 4.79 Å². The van der Waals surface area contributed by atoms with Gasteiger partial charge in [0.15, 0.2) is 0 Å². The molecule has 0 aliphatic carbocycles. The minimum Gasteiger partial charge on any atom is -0.362 e. The number of thiophene rings is 1. The maximum absolute atomic E-state index is 11.6. The van der Waals surface area contributed by atoms with Gasteiger partial charge in [0.05, 0.1) is 11.1 Å². The largest absolute Gasteiger partial charge is 0.362 e. The summed E-state index contributed by atoms with van der Waals surface area (Å²) in [6.45, 7) is 3.95. The minimum atomic E-state index is -0.179. The molecule has 0 saturated carbocycles. The molecule has 1 amide bonds. The fourth-order valence-corrected chi connectivity index (χ4v) is 2.12. The Hall–Kier alpha value is -1.88. The number of hydrogen-bond acceptors (Lipinski definition) is 3. The third-order valence-electron chi connectivity index (χ3n) is 2.30. The summed E-state index contributed by atoms with van der Waals surface area (Å²) in [7, 11) is 0. The summed E-state index contributed by atoms with van der Waals surface area (Å²) in [5.74, 6) is -0.179. The van der Waals surface area contributed by atoms with Gasteiger partial charge in [-0.25, -0.2) is 5.43 Å². The molecule has 0 atom stereocenters. The zero-order valence-electron chi connectivity index (χ0n) is 9.65. The first-order valence-electron chi connectivity index (χ1n) is 5.20. The van der Waals surface area contributed by atoms with Crippen LogP contribution in [0.3, 0.4) is 0 Å². The topological polar surface area (TPSA) is 57.2 Å². The first-order chi connectivity index (χ1) is 8.16. The van der Waals surface area contributed by atoms with Crippen molar-refractivity contribution in [3.8, 4) is 0 Å². The Balaban J connectivity index is 1.99. The standard InChI is InChI=1S/C12H13N3OS/c1-8-6-10(9(2)14-8)7-13-15-12(16)11-4-3-5-17-11/h3-7,14H,1-2H3,(H,15,16)/b13-7+. The van der Waals surface area contributed by atoms with Crippen LogP contribution in [0, 0.1) is 13.8 Å². The van der Waals surface area contributed by atoms with Crippen molar-refractivity contribution in [1.82, 2.24) is 10.4 Å². The highest BCUT2D eigenvalue weighted by atomic mass is 32.1. The molecule has 0 aromatic carbocycles. The van der Waals surface area contributed by atoms with E-state index in [9.17, 15) is 4.79 Å². The van der Waals surface area contributed by atoms with Gasteiger partial charge in [-0.1, -0.05) is 6.07 Å². The lowest BCUT2D eigenvalue weighted by atomic mass is 10.3. The van der Waals surface area contributed by atoms with Crippen molar-refractivity contribution in [2.45, 2.75) is 13.8 Å². The molecule has 0 saturated heterocycles. The van der Waals surface area contributed by atoms with Gasteiger partial charge in [-0.2, -0.15) is 5.10 Å². The number of aromatic amines is 1. The average molecular weight is 247 g/mol. The third-order valence-corrected chi connectivity index (χ3v) is 3.17. The predicted molar refractivity (Wildman–Crippen MR) is 69.6 cm³/mol. The summed E-state index contributed by atoms with van der Waals surface area (Å²) in [5.41, 5.74) is 5.59. The quantitative estimate of drug-likeness (QED) is 0.635. The molecular weight excluding hydrogens is 234 g/mol. The summed E-state index contributed by atoms with van der Waals surface area (Å²) >= 11 is 1.39. The molecule has 0 unspecified atom stereocenters. The van der Waals surface area contributed by atoms with Crippen LogP contribution in [-0.2, 0) is 0 Å². The molecule has 2 aromatic heterocycles. The second-order valence-corrected chi connectivity index (χ2v) is 4.66. The van der Waals surface area contributed by atoms with Gasteiger partial charge in [-0.05, 0) is 31.4 Å². The Kier molecular flexibility index (Phi) is 3.39. The zero-order chi connectivity index (χ0) is 12.3. The summed E-state index contributed by atoms with van der Waals surface area (Å²) in [4.78, 5) is 15.4. The van der Waals surface area contributed by atoms with Gasteiger partial charge in [0.25, 0.3) is 5.91 Å². The fraction of sp³-hybridized carbons (Fsp3) is 0.167. The molecule has 2 aromatic rings. The van der Waals surface area contributed by atoms with Crippen LogP contribution in [0.25, 0.3) is 0 Å². The lowest BCUT2D eigenvalue weighted by molar-refractivity contribution is 0.0959. The van der Waals surface area contributed by atoms with Crippen LogP contribution >= 0.6 is 11.3 Å². The van der Waals surface area contributed by atoms with E-state index in [0.717, 1.165) is 17.0 Å². The highest BCUT2D eigenvalue weighted by molar-refractivity contribution is 7.12. The maximum atomic E-state index is 11.6. The van der Waals surface area contributed by atoms with E-state index in [-0.39, 0.29) is 5.91 Å². The molecule has 2 rings (SSSR count). The monoisotopic (exact) mass is 247 g/mol. The van der Waals surface area contributed by atoms with E-state index < -0.39 is 0 Å². The zero-order valence-corrected chi connectivity index (χ0v) is 10.5. The molecule has 0 aliphatic rings. The number of rotatable bonds is 3. The van der Waals surface area contributed by atoms with E-state index in [4.69, 9.17) is 0 Å². The lowest BCUT2D eigenvalue weighted by Gasteiger charge is -1.95. The maximum Gasteiger partial charge on any atom is 0.281 e. The first kappa shape index (κ1) is 11.6. The highest BCUT2D eigenvalue weighted by Gasteiger charge is 2.04. The second-order valence-electron chi connectivity index (χ2n) is 3.71. The Morgan fingerprint density at radius 1 is 1.53 bits per heavy atom. The number of carbonyl (C=O) groups is 1. The van der Waals surface area contributed by atoms with Crippen molar-refractivity contribution in [3.63, 3.8) is 0 Å². The van der Waals surface area contributed by atoms with Gasteiger partial charge >= 0.3 is 0 Å². The number of H-pyrrole nitrogens is 1. The number of aromatic nitrogens is 1. The molecule has 0 fully saturated rings. The minimum absolute atomic E-state index is 0.179. The van der Waals surface area contributed by atoms with Crippen LogP contribution < -0.4 is 5.43 Å². The van der Waals surface area contributed by atoms with Gasteiger partial charge in [0, 0.05) is 17.0 Å². The summed E-state index contributed by atoms with van der Waals surface area (Å²) < 4.78 is 0. The first-order valence-corrected chi connectivity index (χ1v) is 6.08. The molecule has 2 N–H and O–H groups in total. The van der Waals surface area contributed by atoms with Crippen LogP contribution in [0.4, 0.5) is 0 Å². The number of hydrogen-bond donors (Lipinski definition) is 2. The Morgan fingerprint density at radius 2 is 2.35 bits per heavy atom. The molecule has 0 aliphatic heterocycles. The van der Waals surface area contributed by atoms with Gasteiger partial charge in [0.1, 0.15) is 0 Å². The number of nitrogens with zero attached hydrogens (tertiary/aromatic N) is 1. The molecule has 2 heterocycles. The Morgan fingerprint density at radius 3 is 2.94 bits per heavy atom. The van der Waals surface area contributed by atoms with Gasteiger partial charge in [-0.15, -0.1) is 11.3 Å². The number of carbonyl (C=O) groups excluding carboxylic acids is 1. The normalized spacial score (nSPS) is 10.9. The summed E-state index contributed by atoms with van der Waals surface area (Å²) in [6.07, 6.45) is 1.64. The summed E-state index contributed by atoms with van der Waals surface area (Å²) in [5, 5.41) is 5.79. The smallest absolute Gasteiger partial charge is 0.281 e. The van der Waals surface area contributed by atoms with E-state index in [2.05, 4.69) is 15.5 Å². The molecule has 17 heavy (non-hydrogen) atoms. The van der Waals surface area contributed by atoms with Crippen LogP contribution in [0.15, 0.2) is 28.7 Å². The molecule has 5 heteroatoms. The Labute approximate surface area is 103 Å². The third kappa shape index (κ3) is 2.82. The van der Waals surface area contributed by atoms with Crippen molar-refractivity contribution >= 4 is 23.5 Å². The molecule has 88 valence electrons. The average Bonchev–Trinajstić information content (AvgIpc) is 2.89. The molecule has 0 spiro atoms. The van der Waals surface area contributed by atoms with Gasteiger partial charge < -0.3 is 4.98 Å². The van der Waals surface area contributed by atoms with Crippen molar-refractivity contribution in [2.24, 2.45) is 5.10 Å². The van der Waals surface area contributed by atoms with Crippen molar-refractivity contribution in [3.05, 3.63) is 45.4 Å². The van der Waals surface area contributed by atoms with E-state index in [1.165, 1.54) is 11.3 Å². The second kappa shape index (κ2) is 4.97. The van der Waals surface area contributed by atoms with E-state index >= 15 is 0 Å². The molecule has 4 nitrogen and oxygen atoms in total. The number of hydrazone groups is 1. The predicted octanol–water partition coefficient (Wildman–Crippen LogP) is 2.46. The van der Waals surface area contributed by atoms with Gasteiger partial charge in [0.2, 0.25) is 0 Å².